The SMILES string of the molecule is O=C(NC1CCCC1)c1cncc(-c2ccc(F)cc2)c1. The van der Waals surface area contributed by atoms with Gasteiger partial charge in [-0.2, -0.15) is 0 Å². The van der Waals surface area contributed by atoms with Crippen molar-refractivity contribution in [1.29, 1.82) is 0 Å². The molecule has 0 atom stereocenters. The minimum absolute atomic E-state index is 0.0849. The summed E-state index contributed by atoms with van der Waals surface area (Å²) >= 11 is 0. The van der Waals surface area contributed by atoms with Crippen molar-refractivity contribution in [2.24, 2.45) is 0 Å². The standard InChI is InChI=1S/C17H17FN2O/c18-15-7-5-12(6-8-15)13-9-14(11-19-10-13)17(21)20-16-3-1-2-4-16/h5-11,16H,1-4H2,(H,20,21). The molecule has 1 fully saturated rings. The van der Waals surface area contributed by atoms with E-state index in [0.29, 0.717) is 5.56 Å². The van der Waals surface area contributed by atoms with Crippen LogP contribution in [0.2, 0.25) is 0 Å². The molecule has 0 saturated heterocycles. The summed E-state index contributed by atoms with van der Waals surface area (Å²) in [5.74, 6) is -0.361. The van der Waals surface area contributed by atoms with E-state index >= 15 is 0 Å². The van der Waals surface area contributed by atoms with E-state index in [-0.39, 0.29) is 17.8 Å². The van der Waals surface area contributed by atoms with Gasteiger partial charge in [-0.25, -0.2) is 4.39 Å². The summed E-state index contributed by atoms with van der Waals surface area (Å²) in [4.78, 5) is 16.4. The van der Waals surface area contributed by atoms with Crippen LogP contribution in [0.15, 0.2) is 42.7 Å². The molecule has 21 heavy (non-hydrogen) atoms. The van der Waals surface area contributed by atoms with Gasteiger partial charge < -0.3 is 5.32 Å². The maximum atomic E-state index is 13.0. The van der Waals surface area contributed by atoms with Crippen LogP contribution in [-0.2, 0) is 0 Å². The largest absolute Gasteiger partial charge is 0.349 e. The summed E-state index contributed by atoms with van der Waals surface area (Å²) < 4.78 is 13.0. The van der Waals surface area contributed by atoms with Gasteiger partial charge in [-0.1, -0.05) is 25.0 Å². The zero-order chi connectivity index (χ0) is 14.7. The summed E-state index contributed by atoms with van der Waals surface area (Å²) in [6, 6.07) is 8.26. The minimum Gasteiger partial charge on any atom is -0.349 e. The molecule has 3 nitrogen and oxygen atoms in total. The molecule has 3 rings (SSSR count). The van der Waals surface area contributed by atoms with E-state index in [0.717, 1.165) is 24.0 Å². The number of nitrogens with zero attached hydrogens (tertiary/aromatic N) is 1. The average Bonchev–Trinajstić information content (AvgIpc) is 3.01. The lowest BCUT2D eigenvalue weighted by Gasteiger charge is -2.12. The van der Waals surface area contributed by atoms with Crippen molar-refractivity contribution in [2.45, 2.75) is 31.7 Å². The molecule has 0 bridgehead atoms. The van der Waals surface area contributed by atoms with Crippen LogP contribution in [0.3, 0.4) is 0 Å². The number of hydrogen-bond acceptors (Lipinski definition) is 2. The van der Waals surface area contributed by atoms with E-state index in [9.17, 15) is 9.18 Å². The summed E-state index contributed by atoms with van der Waals surface area (Å²) in [6.45, 7) is 0. The van der Waals surface area contributed by atoms with Gasteiger partial charge in [-0.15, -0.1) is 0 Å². The molecule has 0 radical (unpaired) electrons. The van der Waals surface area contributed by atoms with Crippen molar-refractivity contribution < 1.29 is 9.18 Å². The van der Waals surface area contributed by atoms with Gasteiger partial charge in [0, 0.05) is 24.0 Å². The summed E-state index contributed by atoms with van der Waals surface area (Å²) in [5.41, 5.74) is 2.21. The fraction of sp³-hybridized carbons (Fsp3) is 0.294. The van der Waals surface area contributed by atoms with Crippen molar-refractivity contribution >= 4 is 5.91 Å². The van der Waals surface area contributed by atoms with Gasteiger partial charge >= 0.3 is 0 Å². The number of pyridine rings is 1. The maximum Gasteiger partial charge on any atom is 0.253 e. The minimum atomic E-state index is -0.276. The van der Waals surface area contributed by atoms with Gasteiger partial charge in [-0.05, 0) is 36.6 Å². The predicted octanol–water partition coefficient (Wildman–Crippen LogP) is 3.56. The lowest BCUT2D eigenvalue weighted by Crippen LogP contribution is -2.32. The normalized spacial score (nSPS) is 15.1. The first-order chi connectivity index (χ1) is 10.2. The van der Waals surface area contributed by atoms with Crippen LogP contribution in [-0.4, -0.2) is 16.9 Å². The molecular formula is C17H17FN2O. The lowest BCUT2D eigenvalue weighted by atomic mass is 10.1. The molecule has 2 aromatic rings. The predicted molar refractivity (Wildman–Crippen MR) is 79.4 cm³/mol. The second kappa shape index (κ2) is 6.04. The third-order valence-corrected chi connectivity index (χ3v) is 3.87. The van der Waals surface area contributed by atoms with Gasteiger partial charge in [0.1, 0.15) is 5.82 Å². The van der Waals surface area contributed by atoms with Gasteiger partial charge in [-0.3, -0.25) is 9.78 Å². The third kappa shape index (κ3) is 3.27. The molecular weight excluding hydrogens is 267 g/mol. The molecule has 1 aliphatic rings. The zero-order valence-corrected chi connectivity index (χ0v) is 11.7. The summed E-state index contributed by atoms with van der Waals surface area (Å²) in [7, 11) is 0. The van der Waals surface area contributed by atoms with Crippen LogP contribution in [0.1, 0.15) is 36.0 Å². The van der Waals surface area contributed by atoms with E-state index in [4.69, 9.17) is 0 Å². The molecule has 108 valence electrons. The second-order valence-electron chi connectivity index (χ2n) is 5.42. The number of aromatic nitrogens is 1. The van der Waals surface area contributed by atoms with Crippen LogP contribution in [0.5, 0.6) is 0 Å². The Morgan fingerprint density at radius 1 is 1.10 bits per heavy atom. The van der Waals surface area contributed by atoms with E-state index in [1.54, 1.807) is 30.6 Å². The first-order valence-corrected chi connectivity index (χ1v) is 7.24. The van der Waals surface area contributed by atoms with E-state index < -0.39 is 0 Å². The van der Waals surface area contributed by atoms with E-state index in [1.165, 1.54) is 25.0 Å². The third-order valence-electron chi connectivity index (χ3n) is 3.87. The molecule has 4 heteroatoms. The maximum absolute atomic E-state index is 13.0. The number of amides is 1. The molecule has 0 spiro atoms. The van der Waals surface area contributed by atoms with Gasteiger partial charge in [0.15, 0.2) is 0 Å². The Morgan fingerprint density at radius 3 is 2.52 bits per heavy atom. The molecule has 1 aromatic heterocycles. The average molecular weight is 284 g/mol. The smallest absolute Gasteiger partial charge is 0.253 e. The Morgan fingerprint density at radius 2 is 1.81 bits per heavy atom. The van der Waals surface area contributed by atoms with Crippen molar-refractivity contribution in [3.63, 3.8) is 0 Å². The van der Waals surface area contributed by atoms with Crippen molar-refractivity contribution in [3.05, 3.63) is 54.1 Å². The lowest BCUT2D eigenvalue weighted by molar-refractivity contribution is 0.0937. The molecule has 0 unspecified atom stereocenters. The topological polar surface area (TPSA) is 42.0 Å². The number of benzene rings is 1. The molecule has 1 N–H and O–H groups in total. The molecule has 1 aliphatic carbocycles. The van der Waals surface area contributed by atoms with Gasteiger partial charge in [0.2, 0.25) is 0 Å². The highest BCUT2D eigenvalue weighted by Crippen LogP contribution is 2.21. The van der Waals surface area contributed by atoms with Gasteiger partial charge in [0.05, 0.1) is 5.56 Å². The fourth-order valence-electron chi connectivity index (χ4n) is 2.70. The van der Waals surface area contributed by atoms with Crippen LogP contribution in [0.25, 0.3) is 11.1 Å². The Hall–Kier alpha value is -2.23. The Kier molecular flexibility index (Phi) is 3.95. The van der Waals surface area contributed by atoms with E-state index in [1.807, 2.05) is 0 Å². The number of halogens is 1. The zero-order valence-electron chi connectivity index (χ0n) is 11.7. The highest BCUT2D eigenvalue weighted by molar-refractivity contribution is 5.95. The van der Waals surface area contributed by atoms with Crippen molar-refractivity contribution in [1.82, 2.24) is 10.3 Å². The summed E-state index contributed by atoms with van der Waals surface area (Å²) in [5, 5.41) is 3.04. The van der Waals surface area contributed by atoms with Crippen molar-refractivity contribution in [3.8, 4) is 11.1 Å². The molecule has 1 amide bonds. The Labute approximate surface area is 123 Å². The molecule has 1 aromatic carbocycles. The van der Waals surface area contributed by atoms with Crippen LogP contribution in [0.4, 0.5) is 4.39 Å². The quantitative estimate of drug-likeness (QED) is 0.936. The number of hydrogen-bond donors (Lipinski definition) is 1. The van der Waals surface area contributed by atoms with Gasteiger partial charge in [0.25, 0.3) is 5.91 Å². The number of rotatable bonds is 3. The van der Waals surface area contributed by atoms with Crippen LogP contribution >= 0.6 is 0 Å². The molecule has 0 aliphatic heterocycles. The number of carbonyl (C=O) groups excluding carboxylic acids is 1. The van der Waals surface area contributed by atoms with Crippen LogP contribution in [0, 0.1) is 5.82 Å². The van der Waals surface area contributed by atoms with Crippen molar-refractivity contribution in [2.75, 3.05) is 0 Å². The number of nitrogens with one attached hydrogen (secondary N) is 1. The molecule has 1 heterocycles. The first-order valence-electron chi connectivity index (χ1n) is 7.24. The Balaban J connectivity index is 1.79. The monoisotopic (exact) mass is 284 g/mol. The number of carbonyl (C=O) groups is 1. The van der Waals surface area contributed by atoms with Crippen LogP contribution < -0.4 is 5.32 Å². The summed E-state index contributed by atoms with van der Waals surface area (Å²) in [6.07, 6.45) is 7.71. The highest BCUT2D eigenvalue weighted by atomic mass is 19.1. The molecule has 1 saturated carbocycles. The first kappa shape index (κ1) is 13.7. The second-order valence-corrected chi connectivity index (χ2v) is 5.42. The fourth-order valence-corrected chi connectivity index (χ4v) is 2.70. The highest BCUT2D eigenvalue weighted by Gasteiger charge is 2.18. The van der Waals surface area contributed by atoms with E-state index in [2.05, 4.69) is 10.3 Å². The Bertz CT molecular complexity index is 633.